The van der Waals surface area contributed by atoms with E-state index in [1.807, 2.05) is 0 Å². The highest BCUT2D eigenvalue weighted by atomic mass is 32.2. The lowest BCUT2D eigenvalue weighted by Crippen LogP contribution is -2.32. The minimum Gasteiger partial charge on any atom is -0.354 e. The van der Waals surface area contributed by atoms with Crippen molar-refractivity contribution in [1.82, 2.24) is 20.3 Å². The Balaban J connectivity index is 2.29. The van der Waals surface area contributed by atoms with Crippen molar-refractivity contribution in [2.45, 2.75) is 20.0 Å². The van der Waals surface area contributed by atoms with Crippen LogP contribution in [0.15, 0.2) is 6.20 Å². The summed E-state index contributed by atoms with van der Waals surface area (Å²) in [5, 5.41) is 10.5. The van der Waals surface area contributed by atoms with Crippen LogP contribution in [0, 0.1) is 5.92 Å². The maximum Gasteiger partial charge on any atom is 0.241 e. The van der Waals surface area contributed by atoms with Crippen LogP contribution in [0.25, 0.3) is 0 Å². The average Bonchev–Trinajstić information content (AvgIpc) is 2.74. The van der Waals surface area contributed by atoms with E-state index in [0.29, 0.717) is 24.7 Å². The summed E-state index contributed by atoms with van der Waals surface area (Å²) >= 11 is 1.78. The van der Waals surface area contributed by atoms with E-state index >= 15 is 0 Å². The largest absolute Gasteiger partial charge is 0.354 e. The summed E-state index contributed by atoms with van der Waals surface area (Å²) in [6, 6.07) is 0. The van der Waals surface area contributed by atoms with Gasteiger partial charge >= 0.3 is 0 Å². The van der Waals surface area contributed by atoms with Crippen LogP contribution < -0.4 is 11.1 Å². The summed E-state index contributed by atoms with van der Waals surface area (Å²) < 4.78 is 1.50. The quantitative estimate of drug-likeness (QED) is 0.709. The van der Waals surface area contributed by atoms with Gasteiger partial charge in [0.2, 0.25) is 5.91 Å². The first-order valence-electron chi connectivity index (χ1n) is 5.50. The molecular formula is C10H19N5OS. The van der Waals surface area contributed by atoms with Gasteiger partial charge in [0, 0.05) is 13.1 Å². The molecule has 1 aromatic heterocycles. The molecule has 1 amide bonds. The number of aromatic nitrogens is 3. The minimum atomic E-state index is -0.0496. The van der Waals surface area contributed by atoms with Crippen molar-refractivity contribution in [2.75, 3.05) is 18.6 Å². The Morgan fingerprint density at radius 3 is 3.06 bits per heavy atom. The summed E-state index contributed by atoms with van der Waals surface area (Å²) in [7, 11) is 0. The summed E-state index contributed by atoms with van der Waals surface area (Å²) in [5.41, 5.74) is 6.10. The summed E-state index contributed by atoms with van der Waals surface area (Å²) in [4.78, 5) is 11.6. The fourth-order valence-electron chi connectivity index (χ4n) is 1.34. The fourth-order valence-corrected chi connectivity index (χ4v) is 2.03. The predicted molar refractivity (Wildman–Crippen MR) is 68.5 cm³/mol. The Hall–Kier alpha value is -1.08. The molecule has 6 nitrogen and oxygen atoms in total. The molecule has 0 saturated carbocycles. The number of thioether (sulfide) groups is 1. The van der Waals surface area contributed by atoms with E-state index in [1.165, 1.54) is 4.68 Å². The summed E-state index contributed by atoms with van der Waals surface area (Å²) in [6.45, 7) is 3.34. The van der Waals surface area contributed by atoms with Crippen LogP contribution in [-0.2, 0) is 17.9 Å². The van der Waals surface area contributed by atoms with E-state index < -0.39 is 0 Å². The molecular weight excluding hydrogens is 238 g/mol. The molecule has 1 atom stereocenters. The third-order valence-corrected chi connectivity index (χ3v) is 3.10. The maximum atomic E-state index is 11.6. The number of amides is 1. The monoisotopic (exact) mass is 257 g/mol. The third-order valence-electron chi connectivity index (χ3n) is 2.20. The SMILES string of the molecule is CSCC(C)CNC(=O)Cn1cc(CN)nn1. The van der Waals surface area contributed by atoms with Gasteiger partial charge in [-0.25, -0.2) is 4.68 Å². The van der Waals surface area contributed by atoms with E-state index in [2.05, 4.69) is 28.8 Å². The molecule has 0 radical (unpaired) electrons. The zero-order chi connectivity index (χ0) is 12.7. The molecule has 7 heteroatoms. The summed E-state index contributed by atoms with van der Waals surface area (Å²) in [5.74, 6) is 1.47. The Kier molecular flexibility index (Phi) is 5.99. The number of nitrogens with zero attached hydrogens (tertiary/aromatic N) is 3. The van der Waals surface area contributed by atoms with Crippen LogP contribution in [0.5, 0.6) is 0 Å². The number of hydrogen-bond donors (Lipinski definition) is 2. The molecule has 1 heterocycles. The van der Waals surface area contributed by atoms with Crippen LogP contribution in [0.3, 0.4) is 0 Å². The van der Waals surface area contributed by atoms with Gasteiger partial charge in [-0.1, -0.05) is 12.1 Å². The topological polar surface area (TPSA) is 85.8 Å². The number of carbonyl (C=O) groups excluding carboxylic acids is 1. The predicted octanol–water partition coefficient (Wildman–Crippen LogP) is -0.148. The smallest absolute Gasteiger partial charge is 0.241 e. The molecule has 1 aromatic rings. The molecule has 96 valence electrons. The molecule has 1 unspecified atom stereocenters. The Labute approximate surface area is 105 Å². The molecule has 17 heavy (non-hydrogen) atoms. The van der Waals surface area contributed by atoms with Crippen LogP contribution in [0.4, 0.5) is 0 Å². The molecule has 0 spiro atoms. The van der Waals surface area contributed by atoms with Crippen molar-refractivity contribution >= 4 is 17.7 Å². The van der Waals surface area contributed by atoms with Gasteiger partial charge < -0.3 is 11.1 Å². The van der Waals surface area contributed by atoms with E-state index in [1.54, 1.807) is 18.0 Å². The van der Waals surface area contributed by atoms with Crippen LogP contribution in [-0.4, -0.2) is 39.5 Å². The van der Waals surface area contributed by atoms with Gasteiger partial charge in [-0.2, -0.15) is 11.8 Å². The Bertz CT molecular complexity index is 354. The van der Waals surface area contributed by atoms with Crippen molar-refractivity contribution in [3.05, 3.63) is 11.9 Å². The fraction of sp³-hybridized carbons (Fsp3) is 0.700. The van der Waals surface area contributed by atoms with Gasteiger partial charge in [-0.05, 0) is 17.9 Å². The van der Waals surface area contributed by atoms with Crippen LogP contribution in [0.1, 0.15) is 12.6 Å². The van der Waals surface area contributed by atoms with Gasteiger partial charge in [0.05, 0.1) is 11.9 Å². The zero-order valence-electron chi connectivity index (χ0n) is 10.2. The normalized spacial score (nSPS) is 12.4. The van der Waals surface area contributed by atoms with Gasteiger partial charge in [-0.3, -0.25) is 4.79 Å². The Morgan fingerprint density at radius 2 is 2.47 bits per heavy atom. The van der Waals surface area contributed by atoms with Gasteiger partial charge in [0.15, 0.2) is 0 Å². The first-order chi connectivity index (χ1) is 8.15. The lowest BCUT2D eigenvalue weighted by Gasteiger charge is -2.10. The van der Waals surface area contributed by atoms with Gasteiger partial charge in [0.25, 0.3) is 0 Å². The minimum absolute atomic E-state index is 0.0496. The van der Waals surface area contributed by atoms with Crippen molar-refractivity contribution in [3.8, 4) is 0 Å². The zero-order valence-corrected chi connectivity index (χ0v) is 11.0. The van der Waals surface area contributed by atoms with Crippen molar-refractivity contribution < 1.29 is 4.79 Å². The molecule has 0 fully saturated rings. The maximum absolute atomic E-state index is 11.6. The van der Waals surface area contributed by atoms with Crippen LogP contribution >= 0.6 is 11.8 Å². The third kappa shape index (κ3) is 5.18. The number of rotatable bonds is 7. The van der Waals surface area contributed by atoms with E-state index in [9.17, 15) is 4.79 Å². The second-order valence-electron chi connectivity index (χ2n) is 3.98. The number of carbonyl (C=O) groups is 1. The second-order valence-corrected chi connectivity index (χ2v) is 4.89. The van der Waals surface area contributed by atoms with E-state index in [4.69, 9.17) is 5.73 Å². The molecule has 0 aliphatic heterocycles. The van der Waals surface area contributed by atoms with E-state index in [0.717, 1.165) is 5.75 Å². The molecule has 3 N–H and O–H groups in total. The second kappa shape index (κ2) is 7.29. The highest BCUT2D eigenvalue weighted by molar-refractivity contribution is 7.98. The van der Waals surface area contributed by atoms with Crippen molar-refractivity contribution in [3.63, 3.8) is 0 Å². The van der Waals surface area contributed by atoms with E-state index in [-0.39, 0.29) is 12.5 Å². The molecule has 0 aliphatic carbocycles. The number of nitrogens with two attached hydrogens (primary N) is 1. The Morgan fingerprint density at radius 1 is 1.71 bits per heavy atom. The summed E-state index contributed by atoms with van der Waals surface area (Å²) in [6.07, 6.45) is 3.74. The molecule has 0 saturated heterocycles. The molecule has 0 aliphatic rings. The lowest BCUT2D eigenvalue weighted by atomic mass is 10.2. The lowest BCUT2D eigenvalue weighted by molar-refractivity contribution is -0.122. The van der Waals surface area contributed by atoms with Crippen molar-refractivity contribution in [1.29, 1.82) is 0 Å². The molecule has 0 aromatic carbocycles. The van der Waals surface area contributed by atoms with Crippen LogP contribution in [0.2, 0.25) is 0 Å². The molecule has 0 bridgehead atoms. The molecule has 1 rings (SSSR count). The van der Waals surface area contributed by atoms with Gasteiger partial charge in [0.1, 0.15) is 6.54 Å². The highest BCUT2D eigenvalue weighted by Gasteiger charge is 2.07. The highest BCUT2D eigenvalue weighted by Crippen LogP contribution is 2.02. The van der Waals surface area contributed by atoms with Crippen molar-refractivity contribution in [2.24, 2.45) is 11.7 Å². The van der Waals surface area contributed by atoms with Gasteiger partial charge in [-0.15, -0.1) is 5.10 Å². The number of hydrogen-bond acceptors (Lipinski definition) is 5. The average molecular weight is 257 g/mol. The first-order valence-corrected chi connectivity index (χ1v) is 6.89. The first kappa shape index (κ1) is 14.0. The number of nitrogens with one attached hydrogen (secondary N) is 1. The standard InChI is InChI=1S/C10H19N5OS/c1-8(7-17-2)4-12-10(16)6-15-5-9(3-11)13-14-15/h5,8H,3-4,6-7,11H2,1-2H3,(H,12,16).